The van der Waals surface area contributed by atoms with Crippen molar-refractivity contribution in [3.63, 3.8) is 0 Å². The molecule has 0 aliphatic rings. The van der Waals surface area contributed by atoms with Gasteiger partial charge in [0.05, 0.1) is 0 Å². The Morgan fingerprint density at radius 2 is 1.92 bits per heavy atom. The molecule has 0 aliphatic carbocycles. The molecule has 0 unspecified atom stereocenters. The molecule has 0 heterocycles. The Labute approximate surface area is 76.7 Å². The molecule has 0 saturated heterocycles. The van der Waals surface area contributed by atoms with Gasteiger partial charge in [-0.15, -0.1) is 0 Å². The summed E-state index contributed by atoms with van der Waals surface area (Å²) < 4.78 is 0. The lowest BCUT2D eigenvalue weighted by atomic mass is 10.1. The molecule has 2 nitrogen and oxygen atoms in total. The average Bonchev–Trinajstić information content (AvgIpc) is 2.03. The molecule has 0 aromatic heterocycles. The highest BCUT2D eigenvalue weighted by atomic mass is 15.2. The normalized spacial score (nSPS) is 12.3. The van der Waals surface area contributed by atoms with Crippen molar-refractivity contribution in [3.05, 3.63) is 0 Å². The van der Waals surface area contributed by atoms with Crippen molar-refractivity contribution in [2.45, 2.75) is 34.1 Å². The lowest BCUT2D eigenvalue weighted by Gasteiger charge is -2.26. The number of amidine groups is 1. The van der Waals surface area contributed by atoms with Crippen molar-refractivity contribution in [1.29, 1.82) is 0 Å². The van der Waals surface area contributed by atoms with E-state index >= 15 is 0 Å². The largest absolute Gasteiger partial charge is 0.360 e. The Kier molecular flexibility index (Phi) is 5.77. The van der Waals surface area contributed by atoms with Crippen molar-refractivity contribution in [3.8, 4) is 0 Å². The van der Waals surface area contributed by atoms with Crippen LogP contribution in [0.2, 0.25) is 0 Å². The summed E-state index contributed by atoms with van der Waals surface area (Å²) in [5.41, 5.74) is 0. The molecule has 0 amide bonds. The van der Waals surface area contributed by atoms with E-state index < -0.39 is 0 Å². The van der Waals surface area contributed by atoms with Crippen LogP contribution >= 0.6 is 0 Å². The molecule has 0 atom stereocenters. The Morgan fingerprint density at radius 3 is 2.17 bits per heavy atom. The Bertz CT molecular complexity index is 139. The minimum Gasteiger partial charge on any atom is -0.360 e. The first-order chi connectivity index (χ1) is 5.67. The molecule has 0 spiro atoms. The molecule has 0 fully saturated rings. The zero-order valence-corrected chi connectivity index (χ0v) is 9.09. The lowest BCUT2D eigenvalue weighted by molar-refractivity contribution is 0.418. The lowest BCUT2D eigenvalue weighted by Crippen LogP contribution is -2.34. The second kappa shape index (κ2) is 6.04. The SMILES string of the molecule is CCCN(CC)C(=NC)C(C)C. The topological polar surface area (TPSA) is 15.6 Å². The fourth-order valence-electron chi connectivity index (χ4n) is 1.47. The zero-order valence-electron chi connectivity index (χ0n) is 9.09. The highest BCUT2D eigenvalue weighted by Gasteiger charge is 2.10. The Balaban J connectivity index is 4.24. The molecule has 2 heteroatoms. The minimum atomic E-state index is 0.543. The van der Waals surface area contributed by atoms with Crippen LogP contribution in [0.15, 0.2) is 4.99 Å². The molecular weight excluding hydrogens is 148 g/mol. The summed E-state index contributed by atoms with van der Waals surface area (Å²) in [5, 5.41) is 0. The number of aliphatic imine (C=N–C) groups is 1. The third-order valence-corrected chi connectivity index (χ3v) is 1.94. The molecule has 0 bridgehead atoms. The maximum absolute atomic E-state index is 4.32. The molecule has 0 saturated carbocycles. The van der Waals surface area contributed by atoms with E-state index in [2.05, 4.69) is 37.6 Å². The quantitative estimate of drug-likeness (QED) is 0.467. The van der Waals surface area contributed by atoms with Gasteiger partial charge in [0.15, 0.2) is 0 Å². The van der Waals surface area contributed by atoms with Gasteiger partial charge in [-0.3, -0.25) is 4.99 Å². The second-order valence-corrected chi connectivity index (χ2v) is 3.32. The van der Waals surface area contributed by atoms with Crippen molar-refractivity contribution in [2.24, 2.45) is 10.9 Å². The predicted octanol–water partition coefficient (Wildman–Crippen LogP) is 2.40. The van der Waals surface area contributed by atoms with Crippen molar-refractivity contribution >= 4 is 5.84 Å². The summed E-state index contributed by atoms with van der Waals surface area (Å²) in [6.07, 6.45) is 1.19. The van der Waals surface area contributed by atoms with Crippen LogP contribution in [0.4, 0.5) is 0 Å². The molecular formula is C10H22N2. The highest BCUT2D eigenvalue weighted by Crippen LogP contribution is 2.04. The third-order valence-electron chi connectivity index (χ3n) is 1.94. The third kappa shape index (κ3) is 3.24. The summed E-state index contributed by atoms with van der Waals surface area (Å²) in [6.45, 7) is 11.0. The molecule has 0 radical (unpaired) electrons. The maximum Gasteiger partial charge on any atom is 0.101 e. The van der Waals surface area contributed by atoms with Crippen LogP contribution in [0.25, 0.3) is 0 Å². The fraction of sp³-hybridized carbons (Fsp3) is 0.900. The van der Waals surface area contributed by atoms with E-state index in [0.29, 0.717) is 5.92 Å². The number of rotatable bonds is 4. The fourth-order valence-corrected chi connectivity index (χ4v) is 1.47. The molecule has 0 aromatic carbocycles. The first kappa shape index (κ1) is 11.5. The average molecular weight is 170 g/mol. The summed E-state index contributed by atoms with van der Waals surface area (Å²) in [5.74, 6) is 1.78. The van der Waals surface area contributed by atoms with E-state index in [-0.39, 0.29) is 0 Å². The van der Waals surface area contributed by atoms with Gasteiger partial charge in [0.2, 0.25) is 0 Å². The standard InChI is InChI=1S/C10H22N2/c1-6-8-12(7-2)10(11-5)9(3)4/h9H,6-8H2,1-5H3. The number of nitrogens with zero attached hydrogens (tertiary/aromatic N) is 2. The second-order valence-electron chi connectivity index (χ2n) is 3.32. The van der Waals surface area contributed by atoms with Gasteiger partial charge in [-0.2, -0.15) is 0 Å². The molecule has 0 aliphatic heterocycles. The van der Waals surface area contributed by atoms with Crippen LogP contribution in [0, 0.1) is 5.92 Å². The number of hydrogen-bond donors (Lipinski definition) is 0. The van der Waals surface area contributed by atoms with Gasteiger partial charge in [-0.1, -0.05) is 20.8 Å². The van der Waals surface area contributed by atoms with E-state index in [1.165, 1.54) is 12.3 Å². The van der Waals surface area contributed by atoms with Gasteiger partial charge in [0, 0.05) is 26.1 Å². The van der Waals surface area contributed by atoms with E-state index in [9.17, 15) is 0 Å². The minimum absolute atomic E-state index is 0.543. The Hall–Kier alpha value is -0.530. The summed E-state index contributed by atoms with van der Waals surface area (Å²) in [6, 6.07) is 0. The summed E-state index contributed by atoms with van der Waals surface area (Å²) in [4.78, 5) is 6.67. The first-order valence-electron chi connectivity index (χ1n) is 4.88. The van der Waals surface area contributed by atoms with E-state index in [0.717, 1.165) is 13.1 Å². The van der Waals surface area contributed by atoms with Gasteiger partial charge in [-0.05, 0) is 13.3 Å². The van der Waals surface area contributed by atoms with E-state index in [1.54, 1.807) is 0 Å². The van der Waals surface area contributed by atoms with Crippen molar-refractivity contribution in [2.75, 3.05) is 20.1 Å². The van der Waals surface area contributed by atoms with Crippen LogP contribution in [0.1, 0.15) is 34.1 Å². The van der Waals surface area contributed by atoms with Gasteiger partial charge in [0.1, 0.15) is 5.84 Å². The van der Waals surface area contributed by atoms with E-state index in [4.69, 9.17) is 0 Å². The van der Waals surface area contributed by atoms with Crippen LogP contribution in [0.5, 0.6) is 0 Å². The molecule has 72 valence electrons. The van der Waals surface area contributed by atoms with Crippen LogP contribution in [-0.2, 0) is 0 Å². The molecule has 0 rings (SSSR count). The molecule has 0 aromatic rings. The smallest absolute Gasteiger partial charge is 0.101 e. The zero-order chi connectivity index (χ0) is 9.56. The monoisotopic (exact) mass is 170 g/mol. The van der Waals surface area contributed by atoms with Crippen molar-refractivity contribution < 1.29 is 0 Å². The van der Waals surface area contributed by atoms with E-state index in [1.807, 2.05) is 7.05 Å². The van der Waals surface area contributed by atoms with Crippen LogP contribution < -0.4 is 0 Å². The van der Waals surface area contributed by atoms with Gasteiger partial charge >= 0.3 is 0 Å². The summed E-state index contributed by atoms with van der Waals surface area (Å²) in [7, 11) is 1.88. The van der Waals surface area contributed by atoms with Gasteiger partial charge < -0.3 is 4.90 Å². The molecule has 0 N–H and O–H groups in total. The molecule has 12 heavy (non-hydrogen) atoms. The number of hydrogen-bond acceptors (Lipinski definition) is 1. The summed E-state index contributed by atoms with van der Waals surface area (Å²) >= 11 is 0. The van der Waals surface area contributed by atoms with Crippen molar-refractivity contribution in [1.82, 2.24) is 4.90 Å². The van der Waals surface area contributed by atoms with Crippen LogP contribution in [0.3, 0.4) is 0 Å². The van der Waals surface area contributed by atoms with Gasteiger partial charge in [0.25, 0.3) is 0 Å². The van der Waals surface area contributed by atoms with Gasteiger partial charge in [-0.25, -0.2) is 0 Å². The predicted molar refractivity (Wildman–Crippen MR) is 55.7 cm³/mol. The highest BCUT2D eigenvalue weighted by molar-refractivity contribution is 5.83. The van der Waals surface area contributed by atoms with Crippen LogP contribution in [-0.4, -0.2) is 30.9 Å². The maximum atomic E-state index is 4.32. The Morgan fingerprint density at radius 1 is 1.33 bits per heavy atom. The first-order valence-corrected chi connectivity index (χ1v) is 4.88.